The Hall–Kier alpha value is -11.7. The van der Waals surface area contributed by atoms with E-state index in [1.54, 1.807) is 37.2 Å². The molecule has 9 aromatic heterocycles. The molecule has 0 spiro atoms. The fourth-order valence-corrected chi connectivity index (χ4v) is 17.4. The van der Waals surface area contributed by atoms with Crippen molar-refractivity contribution in [3.63, 3.8) is 0 Å². The Bertz CT molecular complexity index is 5560. The zero-order valence-electron chi connectivity index (χ0n) is 64.9. The maximum Gasteiger partial charge on any atom is 0.254 e. The minimum atomic E-state index is -0.347. The highest BCUT2D eigenvalue weighted by Crippen LogP contribution is 2.42. The summed E-state index contributed by atoms with van der Waals surface area (Å²) in [5, 5.41) is 39.1. The predicted molar refractivity (Wildman–Crippen MR) is 436 cm³/mol. The summed E-state index contributed by atoms with van der Waals surface area (Å²) in [6, 6.07) is 32.2. The monoisotopic (exact) mass is 1590 g/mol. The molecule has 27 nitrogen and oxygen atoms in total. The van der Waals surface area contributed by atoms with Crippen LogP contribution in [0.1, 0.15) is 127 Å². The maximum atomic E-state index is 13.7. The zero-order valence-corrected chi connectivity index (χ0v) is 64.9. The van der Waals surface area contributed by atoms with Crippen molar-refractivity contribution in [2.75, 3.05) is 113 Å². The third kappa shape index (κ3) is 15.7. The maximum absolute atomic E-state index is 13.7. The van der Waals surface area contributed by atoms with Gasteiger partial charge in [-0.1, -0.05) is 44.2 Å². The molecule has 0 saturated carbocycles. The second-order valence-electron chi connectivity index (χ2n) is 30.8. The van der Waals surface area contributed by atoms with Gasteiger partial charge in [-0.3, -0.25) is 42.3 Å². The third-order valence-corrected chi connectivity index (χ3v) is 23.5. The van der Waals surface area contributed by atoms with Crippen LogP contribution < -0.4 is 36.8 Å². The molecular weight excluding hydrogens is 1500 g/mol. The Balaban J connectivity index is 0.000000121. The molecule has 0 radical (unpaired) electrons. The number of carbonyl (C=O) groups is 3. The number of anilines is 7. The van der Waals surface area contributed by atoms with Gasteiger partial charge in [0, 0.05) is 157 Å². The van der Waals surface area contributed by atoms with Crippen molar-refractivity contribution in [3.05, 3.63) is 225 Å². The molecule has 602 valence electrons. The van der Waals surface area contributed by atoms with Gasteiger partial charge >= 0.3 is 0 Å². The van der Waals surface area contributed by atoms with E-state index in [9.17, 15) is 37.8 Å². The fraction of sp³-hybridized carbons (Fsp3) is 0.345. The first-order valence-electron chi connectivity index (χ1n) is 40.2. The van der Waals surface area contributed by atoms with Crippen molar-refractivity contribution < 1.29 is 52.0 Å². The zero-order chi connectivity index (χ0) is 80.0. The van der Waals surface area contributed by atoms with Gasteiger partial charge in [-0.2, -0.15) is 0 Å². The molecule has 3 amide bonds. The van der Waals surface area contributed by atoms with Crippen LogP contribution in [-0.4, -0.2) is 190 Å². The van der Waals surface area contributed by atoms with E-state index in [4.69, 9.17) is 29.2 Å². The molecule has 8 N–H and O–H groups in total. The number of nitrogens with one attached hydrogen (secondary N) is 6. The fourth-order valence-electron chi connectivity index (χ4n) is 17.4. The lowest BCUT2D eigenvalue weighted by Gasteiger charge is -2.31. The van der Waals surface area contributed by atoms with E-state index >= 15 is 0 Å². The lowest BCUT2D eigenvalue weighted by molar-refractivity contribution is 0.0958. The van der Waals surface area contributed by atoms with Crippen molar-refractivity contribution in [1.82, 2.24) is 73.8 Å². The summed E-state index contributed by atoms with van der Waals surface area (Å²) in [6.07, 6.45) is 13.0. The number of morpholine rings is 1. The number of benzene rings is 3. The number of pyridine rings is 6. The highest BCUT2D eigenvalue weighted by Gasteiger charge is 2.34. The van der Waals surface area contributed by atoms with E-state index in [0.29, 0.717) is 152 Å². The van der Waals surface area contributed by atoms with Crippen molar-refractivity contribution in [3.8, 4) is 33.8 Å². The first-order chi connectivity index (χ1) is 57.1. The number of β-amino-alcohol motifs (C(OH)–C–C–N with tert-alkyl or cyclic N) is 2. The molecule has 30 heteroatoms. The van der Waals surface area contributed by atoms with E-state index in [0.717, 1.165) is 158 Å². The number of nitrogens with zero attached hydrogens (tertiary/aromatic N) is 13. The van der Waals surface area contributed by atoms with Crippen LogP contribution in [0.5, 0.6) is 0 Å². The van der Waals surface area contributed by atoms with Crippen LogP contribution in [0.4, 0.5) is 53.4 Å². The molecule has 17 heterocycles. The van der Waals surface area contributed by atoms with E-state index in [1.165, 1.54) is 47.5 Å². The smallest absolute Gasteiger partial charge is 0.254 e. The molecule has 117 heavy (non-hydrogen) atoms. The number of ether oxygens (including phenoxy) is 3. The number of aliphatic hydroxyl groups excluding tert-OH is 2. The number of fused-ring (bicyclic) bond motifs is 6. The van der Waals surface area contributed by atoms with Crippen LogP contribution in [0.25, 0.3) is 50.7 Å². The van der Waals surface area contributed by atoms with Gasteiger partial charge in [0.15, 0.2) is 0 Å². The molecule has 0 aliphatic carbocycles. The average Bonchev–Trinajstić information content (AvgIpc) is 1.62. The minimum absolute atomic E-state index is 0.137. The van der Waals surface area contributed by atoms with Gasteiger partial charge in [-0.05, 0) is 127 Å². The summed E-state index contributed by atoms with van der Waals surface area (Å²) in [5.74, 6) is 1.15. The normalized spacial score (nSPS) is 19.1. The minimum Gasteiger partial charge on any atom is -0.392 e. The topological polar surface area (TPSA) is 295 Å². The van der Waals surface area contributed by atoms with Crippen LogP contribution in [0.15, 0.2) is 146 Å². The highest BCUT2D eigenvalue weighted by molar-refractivity contribution is 6.08. The molecule has 4 atom stereocenters. The van der Waals surface area contributed by atoms with Crippen molar-refractivity contribution >= 4 is 74.9 Å². The summed E-state index contributed by atoms with van der Waals surface area (Å²) in [6.45, 7) is 18.4. The number of hydrogen-bond acceptors (Lipinski definition) is 21. The summed E-state index contributed by atoms with van der Waals surface area (Å²) in [4.78, 5) is 76.2. The van der Waals surface area contributed by atoms with Gasteiger partial charge in [0.2, 0.25) is 0 Å². The van der Waals surface area contributed by atoms with Crippen molar-refractivity contribution in [2.24, 2.45) is 0 Å². The van der Waals surface area contributed by atoms with E-state index in [-0.39, 0.29) is 47.4 Å². The number of halogens is 3. The number of imidazole rings is 3. The second-order valence-corrected chi connectivity index (χ2v) is 30.8. The lowest BCUT2D eigenvalue weighted by atomic mass is 9.96. The first-order valence-corrected chi connectivity index (χ1v) is 40.2. The van der Waals surface area contributed by atoms with Gasteiger partial charge in [-0.25, -0.2) is 43.1 Å². The number of amides is 3. The number of aromatic nitrogens is 9. The van der Waals surface area contributed by atoms with Crippen LogP contribution in [-0.2, 0) is 53.5 Å². The summed E-state index contributed by atoms with van der Waals surface area (Å²) in [7, 11) is 0. The van der Waals surface area contributed by atoms with Gasteiger partial charge in [-0.15, -0.1) is 0 Å². The molecule has 5 saturated heterocycles. The number of likely N-dealkylation sites (tertiary alicyclic amines) is 2. The SMILES string of the molecule is CCN(CC)Cc1nc(Nc2ccc(-c3cnc4cc(F)ccn34)c3c2C(=O)NC3)ccc1N1CCOCC1.O=C1NCc2c(-c3cnc4cc(F)ccn34)ccc(Nc3ccc([C@@H]4CCOC4)c(CN4CC[C@@H](O)C4)n3)c21.O=C1NCc2c(-c3cnc4cc(F)ccn34)ccc(Nc3ccc([C@H]4CCOC4)c(CN4CC[C@@H](O)C4)n3)c21. The van der Waals surface area contributed by atoms with Crippen LogP contribution in [0, 0.1) is 17.5 Å². The molecule has 0 bridgehead atoms. The van der Waals surface area contributed by atoms with Crippen LogP contribution in [0.2, 0.25) is 0 Å². The Morgan fingerprint density at radius 2 is 0.863 bits per heavy atom. The molecule has 20 rings (SSSR count). The van der Waals surface area contributed by atoms with E-state index in [2.05, 4.69) is 98.5 Å². The second kappa shape index (κ2) is 33.1. The summed E-state index contributed by atoms with van der Waals surface area (Å²) >= 11 is 0. The van der Waals surface area contributed by atoms with Gasteiger partial charge < -0.3 is 61.2 Å². The van der Waals surface area contributed by atoms with Crippen LogP contribution in [0.3, 0.4) is 0 Å². The first kappa shape index (κ1) is 76.5. The molecule has 5 fully saturated rings. The largest absolute Gasteiger partial charge is 0.392 e. The quantitative estimate of drug-likeness (QED) is 0.0352. The Labute approximate surface area is 672 Å². The molecule has 3 aromatic carbocycles. The summed E-state index contributed by atoms with van der Waals surface area (Å²) < 4.78 is 63.5. The predicted octanol–water partition coefficient (Wildman–Crippen LogP) is 11.4. The summed E-state index contributed by atoms with van der Waals surface area (Å²) in [5.41, 5.74) is 19.4. The standard InChI is InChI=1S/C29H32FN7O2.2C29H29FN6O3/c1-3-35(4-2)18-23-24(36-11-13-39-14-12-36)7-8-26(34-23)33-22-6-5-20(21-16-32-29(38)28(21)22)25-17-31-27-15-19(30)9-10-37(25)27;2*30-18-5-9-36-25(13-31-27(36)11-18)21-1-3-23(28-22(21)12-32-29(28)38)33-26-4-2-20(17-7-10-39-16-17)24(34-26)15-35-8-6-19(37)14-35/h5-10,15,17H,3-4,11-14,16,18H2,1-2H3,(H,32,38)(H,33,34);2*1-5,9,11,13,17,19,37H,6-8,10,12,14-16H2,(H,32,38)(H,33,34)/t;17-,19+;17-,19-/m.01/s1. The van der Waals surface area contributed by atoms with E-state index < -0.39 is 0 Å². The van der Waals surface area contributed by atoms with Gasteiger partial charge in [0.1, 0.15) is 51.8 Å². The molecule has 8 aliphatic heterocycles. The van der Waals surface area contributed by atoms with Crippen LogP contribution >= 0.6 is 0 Å². The van der Waals surface area contributed by atoms with Gasteiger partial charge in [0.05, 0.1) is 131 Å². The number of hydrogen-bond donors (Lipinski definition) is 8. The van der Waals surface area contributed by atoms with Crippen molar-refractivity contribution in [1.29, 1.82) is 0 Å². The molecule has 12 aromatic rings. The highest BCUT2D eigenvalue weighted by atomic mass is 19.1. The van der Waals surface area contributed by atoms with Gasteiger partial charge in [0.25, 0.3) is 17.7 Å². The molecule has 0 unspecified atom stereocenters. The molecular formula is C87H90F3N19O8. The number of carbonyl (C=O) groups excluding carboxylic acids is 3. The Morgan fingerprint density at radius 1 is 0.470 bits per heavy atom. The van der Waals surface area contributed by atoms with Crippen molar-refractivity contribution in [2.45, 2.75) is 103 Å². The Kier molecular flexibility index (Phi) is 21.7. The van der Waals surface area contributed by atoms with E-state index in [1.807, 2.05) is 67.8 Å². The lowest BCUT2D eigenvalue weighted by Crippen LogP contribution is -2.37. The number of rotatable bonds is 20. The molecule has 8 aliphatic rings. The Morgan fingerprint density at radius 3 is 1.23 bits per heavy atom. The number of aliphatic hydroxyl groups is 2. The third-order valence-electron chi connectivity index (χ3n) is 23.5. The average molecular weight is 1590 g/mol.